The summed E-state index contributed by atoms with van der Waals surface area (Å²) in [6, 6.07) is 21.0. The van der Waals surface area contributed by atoms with Crippen molar-refractivity contribution >= 4 is 0 Å². The van der Waals surface area contributed by atoms with E-state index in [0.29, 0.717) is 25.0 Å². The Hall–Kier alpha value is -1.55. The molecule has 0 saturated carbocycles. The molecule has 1 atom stereocenters. The van der Waals surface area contributed by atoms with Gasteiger partial charge in [-0.05, 0) is 24.0 Å². The molecule has 0 aromatic heterocycles. The van der Waals surface area contributed by atoms with E-state index in [0.717, 1.165) is 23.1 Å². The van der Waals surface area contributed by atoms with Crippen LogP contribution in [0.25, 0.3) is 0 Å². The van der Waals surface area contributed by atoms with E-state index in [4.69, 9.17) is 9.47 Å². The second-order valence-corrected chi connectivity index (χ2v) is 9.77. The molecular formula is C27H42ClNO2. The Morgan fingerprint density at radius 1 is 0.742 bits per heavy atom. The molecule has 0 radical (unpaired) electrons. The van der Waals surface area contributed by atoms with Crippen molar-refractivity contribution in [3.63, 3.8) is 0 Å². The van der Waals surface area contributed by atoms with Gasteiger partial charge in [-0.1, -0.05) is 76.2 Å². The van der Waals surface area contributed by atoms with Gasteiger partial charge in [0.2, 0.25) is 0 Å². The minimum Gasteiger partial charge on any atom is -1.00 e. The molecule has 0 aliphatic rings. The van der Waals surface area contributed by atoms with Gasteiger partial charge in [0.15, 0.2) is 6.23 Å². The molecule has 31 heavy (non-hydrogen) atoms. The zero-order valence-corrected chi connectivity index (χ0v) is 21.2. The summed E-state index contributed by atoms with van der Waals surface area (Å²) >= 11 is 0. The van der Waals surface area contributed by atoms with Crippen molar-refractivity contribution in [3.8, 4) is 5.75 Å². The fraction of sp³-hybridized carbons (Fsp3) is 0.556. The second-order valence-electron chi connectivity index (χ2n) is 9.77. The van der Waals surface area contributed by atoms with Crippen LogP contribution in [-0.4, -0.2) is 38.0 Å². The summed E-state index contributed by atoms with van der Waals surface area (Å²) in [5.41, 5.74) is 1.40. The quantitative estimate of drug-likeness (QED) is 0.281. The molecule has 2 aromatic rings. The standard InChI is InChI=1S/C27H42NO2.ClH/c1-22(2)20-27(21-23(3)4,25-14-10-8-11-15-25)28(6,7)24(5)29-18-19-30-26-16-12-9-13-17-26;/h8-17,22-24H,18-21H2,1-7H3;1H/q+1;/p-1. The number of quaternary nitrogens is 1. The van der Waals surface area contributed by atoms with Gasteiger partial charge in [-0.25, -0.2) is 0 Å². The fourth-order valence-corrected chi connectivity index (χ4v) is 4.65. The molecule has 4 heteroatoms. The molecule has 1 unspecified atom stereocenters. The van der Waals surface area contributed by atoms with Crippen LogP contribution in [0.15, 0.2) is 60.7 Å². The normalized spacial score (nSPS) is 13.2. The third-order valence-electron chi connectivity index (χ3n) is 6.27. The van der Waals surface area contributed by atoms with Crippen LogP contribution in [0.1, 0.15) is 53.0 Å². The molecule has 3 nitrogen and oxygen atoms in total. The predicted molar refractivity (Wildman–Crippen MR) is 126 cm³/mol. The number of ether oxygens (including phenoxy) is 2. The Morgan fingerprint density at radius 2 is 1.23 bits per heavy atom. The maximum absolute atomic E-state index is 6.37. The van der Waals surface area contributed by atoms with Gasteiger partial charge in [-0.2, -0.15) is 0 Å². The Kier molecular flexibility index (Phi) is 11.1. The lowest BCUT2D eigenvalue weighted by atomic mass is 9.74. The zero-order valence-electron chi connectivity index (χ0n) is 20.5. The first kappa shape index (κ1) is 27.5. The Balaban J connectivity index is 0.00000480. The van der Waals surface area contributed by atoms with Gasteiger partial charge in [0.1, 0.15) is 17.9 Å². The summed E-state index contributed by atoms with van der Waals surface area (Å²) in [5, 5.41) is 0. The topological polar surface area (TPSA) is 18.5 Å². The predicted octanol–water partition coefficient (Wildman–Crippen LogP) is 3.50. The van der Waals surface area contributed by atoms with Crippen LogP contribution in [0.4, 0.5) is 0 Å². The van der Waals surface area contributed by atoms with Gasteiger partial charge >= 0.3 is 0 Å². The Labute approximate surface area is 196 Å². The Bertz CT molecular complexity index is 721. The van der Waals surface area contributed by atoms with E-state index < -0.39 is 0 Å². The smallest absolute Gasteiger partial charge is 0.190 e. The number of para-hydroxylation sites is 1. The number of hydrogen-bond acceptors (Lipinski definition) is 2. The molecule has 0 spiro atoms. The fourth-order valence-electron chi connectivity index (χ4n) is 4.65. The van der Waals surface area contributed by atoms with E-state index in [-0.39, 0.29) is 24.2 Å². The first-order valence-corrected chi connectivity index (χ1v) is 11.4. The molecule has 0 aliphatic heterocycles. The SMILES string of the molecule is CC(C)CC(CC(C)C)(c1ccccc1)[N+](C)(C)C(C)OCCOc1ccccc1.[Cl-]. The van der Waals surface area contributed by atoms with E-state index in [2.05, 4.69) is 79.0 Å². The maximum Gasteiger partial charge on any atom is 0.190 e. The van der Waals surface area contributed by atoms with Gasteiger partial charge in [-0.15, -0.1) is 0 Å². The molecule has 0 bridgehead atoms. The van der Waals surface area contributed by atoms with Crippen molar-refractivity contribution in [1.29, 1.82) is 0 Å². The monoisotopic (exact) mass is 447 g/mol. The van der Waals surface area contributed by atoms with Crippen molar-refractivity contribution in [2.45, 2.75) is 59.2 Å². The lowest BCUT2D eigenvalue weighted by Crippen LogP contribution is -3.00. The highest BCUT2D eigenvalue weighted by Crippen LogP contribution is 2.45. The molecule has 2 aromatic carbocycles. The summed E-state index contributed by atoms with van der Waals surface area (Å²) in [6.07, 6.45) is 2.29. The van der Waals surface area contributed by atoms with Crippen LogP contribution in [-0.2, 0) is 10.3 Å². The second kappa shape index (κ2) is 12.5. The third-order valence-corrected chi connectivity index (χ3v) is 6.27. The van der Waals surface area contributed by atoms with Crippen LogP contribution < -0.4 is 17.1 Å². The molecule has 174 valence electrons. The third kappa shape index (κ3) is 7.24. The largest absolute Gasteiger partial charge is 1.00 e. The van der Waals surface area contributed by atoms with Crippen LogP contribution in [0.3, 0.4) is 0 Å². The average Bonchev–Trinajstić information content (AvgIpc) is 2.71. The van der Waals surface area contributed by atoms with Crippen molar-refractivity contribution in [2.24, 2.45) is 11.8 Å². The molecule has 0 heterocycles. The lowest BCUT2D eigenvalue weighted by molar-refractivity contribution is -0.991. The number of benzene rings is 2. The minimum atomic E-state index is -0.0106. The highest BCUT2D eigenvalue weighted by molar-refractivity contribution is 5.23. The molecule has 0 N–H and O–H groups in total. The van der Waals surface area contributed by atoms with Gasteiger partial charge in [0.25, 0.3) is 0 Å². The van der Waals surface area contributed by atoms with Gasteiger partial charge in [0.05, 0.1) is 20.7 Å². The minimum absolute atomic E-state index is 0. The van der Waals surface area contributed by atoms with Gasteiger partial charge in [0, 0.05) is 25.3 Å². The van der Waals surface area contributed by atoms with E-state index >= 15 is 0 Å². The molecular weight excluding hydrogens is 406 g/mol. The highest BCUT2D eigenvalue weighted by atomic mass is 35.5. The average molecular weight is 448 g/mol. The van der Waals surface area contributed by atoms with E-state index in [1.165, 1.54) is 5.56 Å². The van der Waals surface area contributed by atoms with Crippen LogP contribution in [0.5, 0.6) is 5.75 Å². The summed E-state index contributed by atoms with van der Waals surface area (Å²) in [5.74, 6) is 2.07. The van der Waals surface area contributed by atoms with Gasteiger partial charge in [-0.3, -0.25) is 4.48 Å². The molecule has 0 amide bonds. The van der Waals surface area contributed by atoms with Crippen LogP contribution >= 0.6 is 0 Å². The van der Waals surface area contributed by atoms with E-state index in [1.807, 2.05) is 30.3 Å². The molecule has 0 saturated heterocycles. The summed E-state index contributed by atoms with van der Waals surface area (Å²) in [6.45, 7) is 12.7. The summed E-state index contributed by atoms with van der Waals surface area (Å²) in [7, 11) is 4.67. The number of nitrogens with zero attached hydrogens (tertiary/aromatic N) is 1. The zero-order chi connectivity index (χ0) is 22.2. The van der Waals surface area contributed by atoms with Gasteiger partial charge < -0.3 is 21.9 Å². The number of halogens is 1. The number of hydrogen-bond donors (Lipinski definition) is 0. The van der Waals surface area contributed by atoms with Crippen LogP contribution in [0.2, 0.25) is 0 Å². The highest BCUT2D eigenvalue weighted by Gasteiger charge is 2.50. The van der Waals surface area contributed by atoms with E-state index in [9.17, 15) is 0 Å². The first-order chi connectivity index (χ1) is 14.2. The van der Waals surface area contributed by atoms with Crippen LogP contribution in [0, 0.1) is 11.8 Å². The van der Waals surface area contributed by atoms with Crippen molar-refractivity contribution < 1.29 is 26.4 Å². The lowest BCUT2D eigenvalue weighted by Gasteiger charge is -2.53. The number of rotatable bonds is 12. The van der Waals surface area contributed by atoms with Crippen molar-refractivity contribution in [2.75, 3.05) is 27.3 Å². The first-order valence-electron chi connectivity index (χ1n) is 11.4. The summed E-state index contributed by atoms with van der Waals surface area (Å²) in [4.78, 5) is 0. The maximum atomic E-state index is 6.37. The summed E-state index contributed by atoms with van der Waals surface area (Å²) < 4.78 is 13.0. The molecule has 0 fully saturated rings. The molecule has 0 aliphatic carbocycles. The van der Waals surface area contributed by atoms with Crippen molar-refractivity contribution in [3.05, 3.63) is 66.2 Å². The molecule has 2 rings (SSSR count). The van der Waals surface area contributed by atoms with Crippen molar-refractivity contribution in [1.82, 2.24) is 0 Å². The Morgan fingerprint density at radius 3 is 1.71 bits per heavy atom. The van der Waals surface area contributed by atoms with E-state index in [1.54, 1.807) is 0 Å².